The van der Waals surface area contributed by atoms with Crippen LogP contribution in [0.25, 0.3) is 22.4 Å². The fourth-order valence-electron chi connectivity index (χ4n) is 2.80. The third kappa shape index (κ3) is 3.50. The van der Waals surface area contributed by atoms with Gasteiger partial charge < -0.3 is 15.2 Å². The van der Waals surface area contributed by atoms with E-state index in [2.05, 4.69) is 11.1 Å². The topological polar surface area (TPSA) is 81.2 Å². The van der Waals surface area contributed by atoms with E-state index in [-0.39, 0.29) is 11.4 Å². The quantitative estimate of drug-likeness (QED) is 0.652. The monoisotopic (exact) mass is 399 g/mol. The van der Waals surface area contributed by atoms with Gasteiger partial charge in [-0.25, -0.2) is 4.98 Å². The summed E-state index contributed by atoms with van der Waals surface area (Å²) in [6.07, 6.45) is 0. The van der Waals surface area contributed by atoms with Crippen LogP contribution >= 0.6 is 23.2 Å². The average molecular weight is 400 g/mol. The van der Waals surface area contributed by atoms with Crippen LogP contribution in [0.1, 0.15) is 5.56 Å². The van der Waals surface area contributed by atoms with Crippen LogP contribution in [0.5, 0.6) is 11.5 Å². The molecule has 0 spiro atoms. The summed E-state index contributed by atoms with van der Waals surface area (Å²) in [6.45, 7) is 0. The molecular weight excluding hydrogens is 385 g/mol. The molecule has 136 valence electrons. The maximum Gasteiger partial charge on any atom is 0.168 e. The third-order valence-corrected chi connectivity index (χ3v) is 4.81. The van der Waals surface area contributed by atoms with Crippen LogP contribution < -0.4 is 15.2 Å². The second-order valence-electron chi connectivity index (χ2n) is 5.60. The highest BCUT2D eigenvalue weighted by Crippen LogP contribution is 2.41. The fraction of sp³-hybridized carbons (Fsp3) is 0.100. The van der Waals surface area contributed by atoms with Crippen LogP contribution in [0.2, 0.25) is 10.0 Å². The van der Waals surface area contributed by atoms with Gasteiger partial charge in [0.05, 0.1) is 30.0 Å². The SMILES string of the molecule is COc1cccc(-c2cc(-c3ccc(Cl)c(Cl)c3)nc(N)c2C#N)c1OC. The number of pyridine rings is 1. The maximum atomic E-state index is 9.61. The summed E-state index contributed by atoms with van der Waals surface area (Å²) in [7, 11) is 3.09. The Kier molecular flexibility index (Phi) is 5.41. The number of aromatic nitrogens is 1. The summed E-state index contributed by atoms with van der Waals surface area (Å²) in [5, 5.41) is 10.5. The summed E-state index contributed by atoms with van der Waals surface area (Å²) in [4.78, 5) is 4.35. The molecule has 0 amide bonds. The van der Waals surface area contributed by atoms with Crippen molar-refractivity contribution in [1.82, 2.24) is 4.98 Å². The molecule has 2 aromatic carbocycles. The van der Waals surface area contributed by atoms with Crippen LogP contribution in [0.4, 0.5) is 5.82 Å². The van der Waals surface area contributed by atoms with E-state index in [1.807, 2.05) is 12.1 Å². The van der Waals surface area contributed by atoms with Crippen molar-refractivity contribution in [3.05, 3.63) is 58.1 Å². The maximum absolute atomic E-state index is 9.61. The van der Waals surface area contributed by atoms with E-state index in [0.29, 0.717) is 38.4 Å². The lowest BCUT2D eigenvalue weighted by Crippen LogP contribution is -2.01. The van der Waals surface area contributed by atoms with Gasteiger partial charge in [0, 0.05) is 16.7 Å². The summed E-state index contributed by atoms with van der Waals surface area (Å²) >= 11 is 12.1. The van der Waals surface area contributed by atoms with Crippen molar-refractivity contribution in [2.45, 2.75) is 0 Å². The number of anilines is 1. The third-order valence-electron chi connectivity index (χ3n) is 4.07. The molecule has 1 aromatic heterocycles. The zero-order valence-electron chi connectivity index (χ0n) is 14.6. The highest BCUT2D eigenvalue weighted by molar-refractivity contribution is 6.42. The Bertz CT molecular complexity index is 1060. The van der Waals surface area contributed by atoms with Crippen LogP contribution in [-0.2, 0) is 0 Å². The molecule has 0 atom stereocenters. The predicted molar refractivity (Wildman–Crippen MR) is 107 cm³/mol. The van der Waals surface area contributed by atoms with Gasteiger partial charge in [0.25, 0.3) is 0 Å². The Morgan fingerprint density at radius 2 is 1.78 bits per heavy atom. The molecule has 0 saturated heterocycles. The lowest BCUT2D eigenvalue weighted by atomic mass is 9.97. The molecule has 0 radical (unpaired) electrons. The van der Waals surface area contributed by atoms with Gasteiger partial charge >= 0.3 is 0 Å². The van der Waals surface area contributed by atoms with Crippen LogP contribution in [0, 0.1) is 11.3 Å². The van der Waals surface area contributed by atoms with Gasteiger partial charge in [0.1, 0.15) is 17.5 Å². The van der Waals surface area contributed by atoms with Crippen LogP contribution in [0.3, 0.4) is 0 Å². The molecule has 0 aliphatic rings. The highest BCUT2D eigenvalue weighted by Gasteiger charge is 2.19. The summed E-state index contributed by atoms with van der Waals surface area (Å²) in [6, 6.07) is 14.5. The molecule has 7 heteroatoms. The smallest absolute Gasteiger partial charge is 0.168 e. The number of nitrogens with zero attached hydrogens (tertiary/aromatic N) is 2. The zero-order valence-corrected chi connectivity index (χ0v) is 16.1. The first kappa shape index (κ1) is 18.8. The second kappa shape index (κ2) is 7.75. The Morgan fingerprint density at radius 3 is 2.41 bits per heavy atom. The molecular formula is C20H15Cl2N3O2. The molecule has 3 aromatic rings. The van der Waals surface area contributed by atoms with Crippen molar-refractivity contribution >= 4 is 29.0 Å². The molecule has 0 aliphatic heterocycles. The number of halogens is 2. The molecule has 0 unspecified atom stereocenters. The van der Waals surface area contributed by atoms with Gasteiger partial charge in [0.15, 0.2) is 11.5 Å². The standard InChI is InChI=1S/C20H15Cl2N3O2/c1-26-18-5-3-4-12(19(18)27-2)13-9-17(25-20(24)14(13)10-23)11-6-7-15(21)16(22)8-11/h3-9H,1-2H3,(H2,24,25). The van der Waals surface area contributed by atoms with E-state index in [1.54, 1.807) is 37.4 Å². The van der Waals surface area contributed by atoms with E-state index < -0.39 is 0 Å². The second-order valence-corrected chi connectivity index (χ2v) is 6.41. The number of rotatable bonds is 4. The fourth-order valence-corrected chi connectivity index (χ4v) is 3.10. The first-order valence-electron chi connectivity index (χ1n) is 7.87. The highest BCUT2D eigenvalue weighted by atomic mass is 35.5. The number of methoxy groups -OCH3 is 2. The number of ether oxygens (including phenoxy) is 2. The molecule has 0 bridgehead atoms. The minimum absolute atomic E-state index is 0.112. The van der Waals surface area contributed by atoms with Gasteiger partial charge in [-0.2, -0.15) is 5.26 Å². The van der Waals surface area contributed by atoms with Gasteiger partial charge in [-0.15, -0.1) is 0 Å². The molecule has 0 saturated carbocycles. The van der Waals surface area contributed by atoms with Gasteiger partial charge in [0.2, 0.25) is 0 Å². The molecule has 0 aliphatic carbocycles. The lowest BCUT2D eigenvalue weighted by molar-refractivity contribution is 0.356. The Hall–Kier alpha value is -2.94. The number of hydrogen-bond donors (Lipinski definition) is 1. The van der Waals surface area contributed by atoms with E-state index in [0.717, 1.165) is 5.56 Å². The minimum atomic E-state index is 0.112. The minimum Gasteiger partial charge on any atom is -0.493 e. The number of hydrogen-bond acceptors (Lipinski definition) is 5. The van der Waals surface area contributed by atoms with Gasteiger partial charge in [-0.1, -0.05) is 41.4 Å². The lowest BCUT2D eigenvalue weighted by Gasteiger charge is -2.15. The summed E-state index contributed by atoms with van der Waals surface area (Å²) in [5.74, 6) is 1.16. The first-order chi connectivity index (χ1) is 13.0. The average Bonchev–Trinajstić information content (AvgIpc) is 2.68. The molecule has 3 rings (SSSR count). The van der Waals surface area contributed by atoms with E-state index in [4.69, 9.17) is 38.4 Å². The number of nitrogens with two attached hydrogens (primary N) is 1. The number of nitriles is 1. The molecule has 0 fully saturated rings. The molecule has 27 heavy (non-hydrogen) atoms. The number of benzene rings is 2. The Morgan fingerprint density at radius 1 is 1.00 bits per heavy atom. The molecule has 5 nitrogen and oxygen atoms in total. The van der Waals surface area contributed by atoms with Crippen LogP contribution in [0.15, 0.2) is 42.5 Å². The zero-order chi connectivity index (χ0) is 19.6. The van der Waals surface area contributed by atoms with Crippen molar-refractivity contribution in [1.29, 1.82) is 5.26 Å². The molecule has 1 heterocycles. The van der Waals surface area contributed by atoms with Crippen molar-refractivity contribution < 1.29 is 9.47 Å². The molecule has 2 N–H and O–H groups in total. The Labute approximate surface area is 166 Å². The first-order valence-corrected chi connectivity index (χ1v) is 8.63. The largest absolute Gasteiger partial charge is 0.493 e. The van der Waals surface area contributed by atoms with Crippen LogP contribution in [-0.4, -0.2) is 19.2 Å². The van der Waals surface area contributed by atoms with Crippen molar-refractivity contribution in [3.63, 3.8) is 0 Å². The van der Waals surface area contributed by atoms with E-state index >= 15 is 0 Å². The van der Waals surface area contributed by atoms with Crippen molar-refractivity contribution in [2.75, 3.05) is 20.0 Å². The van der Waals surface area contributed by atoms with Gasteiger partial charge in [-0.05, 0) is 24.3 Å². The summed E-state index contributed by atoms with van der Waals surface area (Å²) in [5.41, 5.74) is 8.87. The summed E-state index contributed by atoms with van der Waals surface area (Å²) < 4.78 is 10.9. The van der Waals surface area contributed by atoms with Crippen molar-refractivity contribution in [2.24, 2.45) is 0 Å². The number of nitrogen functional groups attached to an aromatic ring is 1. The Balaban J connectivity index is 2.29. The van der Waals surface area contributed by atoms with E-state index in [1.165, 1.54) is 7.11 Å². The van der Waals surface area contributed by atoms with Crippen molar-refractivity contribution in [3.8, 4) is 40.0 Å². The number of para-hydroxylation sites is 1. The normalized spacial score (nSPS) is 10.3. The predicted octanol–water partition coefficient (Wildman–Crippen LogP) is 5.19. The van der Waals surface area contributed by atoms with Gasteiger partial charge in [-0.3, -0.25) is 0 Å². The van der Waals surface area contributed by atoms with E-state index in [9.17, 15) is 5.26 Å².